The quantitative estimate of drug-likeness (QED) is 0.574. The van der Waals surface area contributed by atoms with Crippen LogP contribution in [0.3, 0.4) is 0 Å². The fourth-order valence-electron chi connectivity index (χ4n) is 0.491. The molecule has 0 aliphatic heterocycles. The molecule has 0 spiro atoms. The van der Waals surface area contributed by atoms with Crippen LogP contribution < -0.4 is 0 Å². The maximum atomic E-state index is 11.7. The highest BCUT2D eigenvalue weighted by molar-refractivity contribution is 7.87. The lowest BCUT2D eigenvalue weighted by atomic mass is 10.3. The maximum absolute atomic E-state index is 11.7. The molecule has 0 bridgehead atoms. The van der Waals surface area contributed by atoms with E-state index in [4.69, 9.17) is 5.11 Å². The summed E-state index contributed by atoms with van der Waals surface area (Å²) in [4.78, 5) is 10.2. The van der Waals surface area contributed by atoms with E-state index < -0.39 is 27.7 Å². The van der Waals surface area contributed by atoms with Gasteiger partial charge in [0.05, 0.1) is 0 Å². The Hall–Kier alpha value is -0.830. The lowest BCUT2D eigenvalue weighted by Crippen LogP contribution is -2.33. The van der Waals surface area contributed by atoms with Crippen molar-refractivity contribution in [2.24, 2.45) is 0 Å². The molecule has 14 heavy (non-hydrogen) atoms. The summed E-state index contributed by atoms with van der Waals surface area (Å²) in [6, 6.07) is 0. The molecule has 0 aromatic carbocycles. The van der Waals surface area contributed by atoms with Crippen LogP contribution in [0.5, 0.6) is 0 Å². The van der Waals surface area contributed by atoms with Crippen LogP contribution in [0.15, 0.2) is 0 Å². The van der Waals surface area contributed by atoms with Gasteiger partial charge in [-0.2, -0.15) is 21.6 Å². The molecule has 1 N–H and O–H groups in total. The molecule has 0 aromatic heterocycles. The third kappa shape index (κ3) is 3.14. The lowest BCUT2D eigenvalue weighted by Gasteiger charge is -2.12. The van der Waals surface area contributed by atoms with E-state index >= 15 is 0 Å². The number of carboxylic acid groups (broad SMARTS) is 1. The van der Waals surface area contributed by atoms with Crippen molar-refractivity contribution in [1.29, 1.82) is 0 Å². The molecule has 9 heteroatoms. The van der Waals surface area contributed by atoms with E-state index in [0.717, 1.165) is 0 Å². The smallest absolute Gasteiger partial charge is 0.479 e. The average molecular weight is 236 g/mol. The fraction of sp³-hybridized carbons (Fsp3) is 0.800. The summed E-state index contributed by atoms with van der Waals surface area (Å²) in [7, 11) is -5.83. The van der Waals surface area contributed by atoms with Crippen molar-refractivity contribution in [3.05, 3.63) is 0 Å². The second kappa shape index (κ2) is 4.13. The molecular formula is C5H7F3O5S. The summed E-state index contributed by atoms with van der Waals surface area (Å²) in [5.74, 6) is -1.76. The average Bonchev–Trinajstić information content (AvgIpc) is 1.97. The summed E-state index contributed by atoms with van der Waals surface area (Å²) >= 11 is 0. The van der Waals surface area contributed by atoms with Gasteiger partial charge in [-0.3, -0.25) is 0 Å². The Kier molecular flexibility index (Phi) is 3.89. The van der Waals surface area contributed by atoms with Crippen LogP contribution in [0.2, 0.25) is 0 Å². The van der Waals surface area contributed by atoms with Crippen molar-refractivity contribution in [3.63, 3.8) is 0 Å². The maximum Gasteiger partial charge on any atom is 0.523 e. The van der Waals surface area contributed by atoms with Crippen LogP contribution in [-0.4, -0.2) is 31.1 Å². The lowest BCUT2D eigenvalue weighted by molar-refractivity contribution is -0.145. The van der Waals surface area contributed by atoms with Crippen LogP contribution in [0.4, 0.5) is 13.2 Å². The summed E-state index contributed by atoms with van der Waals surface area (Å²) in [6.07, 6.45) is -2.40. The molecule has 0 saturated heterocycles. The van der Waals surface area contributed by atoms with E-state index in [0.29, 0.717) is 0 Å². The van der Waals surface area contributed by atoms with E-state index in [1.54, 1.807) is 0 Å². The van der Waals surface area contributed by atoms with Crippen LogP contribution in [0.1, 0.15) is 13.3 Å². The van der Waals surface area contributed by atoms with Gasteiger partial charge in [-0.05, 0) is 6.42 Å². The predicted octanol–water partition coefficient (Wildman–Crippen LogP) is 0.716. The SMILES string of the molecule is CC[C@@H](OS(=O)(=O)C(F)(F)F)C(=O)O. The Labute approximate surface area is 77.6 Å². The molecule has 5 nitrogen and oxygen atoms in total. The van der Waals surface area contributed by atoms with Gasteiger partial charge in [0.15, 0.2) is 6.10 Å². The summed E-state index contributed by atoms with van der Waals surface area (Å²) < 4.78 is 59.2. The van der Waals surface area contributed by atoms with Gasteiger partial charge < -0.3 is 5.11 Å². The first kappa shape index (κ1) is 13.2. The van der Waals surface area contributed by atoms with Gasteiger partial charge in [0.2, 0.25) is 0 Å². The molecule has 0 saturated carbocycles. The molecule has 0 aliphatic carbocycles. The zero-order chi connectivity index (χ0) is 11.6. The molecule has 1 atom stereocenters. The Morgan fingerprint density at radius 3 is 2.14 bits per heavy atom. The minimum Gasteiger partial charge on any atom is -0.479 e. The van der Waals surface area contributed by atoms with Crippen LogP contribution >= 0.6 is 0 Å². The standard InChI is InChI=1S/C5H7F3O5S/c1-2-3(4(9)10)13-14(11,12)5(6,7)8/h3H,2H2,1H3,(H,9,10)/t3-/m1/s1. The van der Waals surface area contributed by atoms with Gasteiger partial charge in [-0.15, -0.1) is 0 Å². The van der Waals surface area contributed by atoms with Gasteiger partial charge in [-0.1, -0.05) is 6.92 Å². The first-order valence-corrected chi connectivity index (χ1v) is 4.75. The monoisotopic (exact) mass is 236 g/mol. The second-order valence-electron chi connectivity index (χ2n) is 2.23. The minimum atomic E-state index is -5.83. The number of aliphatic carboxylic acids is 1. The van der Waals surface area contributed by atoms with Crippen molar-refractivity contribution < 1.29 is 35.7 Å². The normalized spacial score (nSPS) is 15.1. The van der Waals surface area contributed by atoms with Crippen molar-refractivity contribution in [3.8, 4) is 0 Å². The van der Waals surface area contributed by atoms with Gasteiger partial charge in [0, 0.05) is 0 Å². The van der Waals surface area contributed by atoms with E-state index in [-0.39, 0.29) is 6.42 Å². The highest BCUT2D eigenvalue weighted by Crippen LogP contribution is 2.26. The number of rotatable bonds is 4. The van der Waals surface area contributed by atoms with E-state index in [2.05, 4.69) is 4.18 Å². The largest absolute Gasteiger partial charge is 0.523 e. The highest BCUT2D eigenvalue weighted by Gasteiger charge is 2.49. The van der Waals surface area contributed by atoms with Crippen LogP contribution in [-0.2, 0) is 19.1 Å². The highest BCUT2D eigenvalue weighted by atomic mass is 32.2. The zero-order valence-corrected chi connectivity index (χ0v) is 7.72. The summed E-state index contributed by atoms with van der Waals surface area (Å²) in [6.45, 7) is 1.19. The third-order valence-corrected chi connectivity index (χ3v) is 2.23. The van der Waals surface area contributed by atoms with Gasteiger partial charge in [-0.25, -0.2) is 8.98 Å². The van der Waals surface area contributed by atoms with Crippen LogP contribution in [0, 0.1) is 0 Å². The first-order chi connectivity index (χ1) is 6.12. The molecule has 0 radical (unpaired) electrons. The number of halogens is 3. The Bertz CT molecular complexity index is 306. The molecule has 0 amide bonds. The molecule has 0 aliphatic rings. The fourth-order valence-corrected chi connectivity index (χ4v) is 1.12. The molecule has 0 aromatic rings. The van der Waals surface area contributed by atoms with E-state index in [1.807, 2.05) is 0 Å². The molecular weight excluding hydrogens is 229 g/mol. The number of hydrogen-bond acceptors (Lipinski definition) is 4. The third-order valence-electron chi connectivity index (χ3n) is 1.17. The molecule has 0 rings (SSSR count). The van der Waals surface area contributed by atoms with E-state index in [9.17, 15) is 26.4 Å². The molecule has 0 fully saturated rings. The summed E-state index contributed by atoms with van der Waals surface area (Å²) in [5, 5.41) is 8.25. The molecule has 84 valence electrons. The second-order valence-corrected chi connectivity index (χ2v) is 3.79. The number of hydrogen-bond donors (Lipinski definition) is 1. The van der Waals surface area contributed by atoms with Gasteiger partial charge in [0.1, 0.15) is 0 Å². The predicted molar refractivity (Wildman–Crippen MR) is 37.8 cm³/mol. The molecule has 0 heterocycles. The number of carboxylic acids is 1. The van der Waals surface area contributed by atoms with Gasteiger partial charge >= 0.3 is 21.6 Å². The van der Waals surface area contributed by atoms with Crippen molar-refractivity contribution >= 4 is 16.1 Å². The van der Waals surface area contributed by atoms with Crippen molar-refractivity contribution in [2.75, 3.05) is 0 Å². The summed E-state index contributed by atoms with van der Waals surface area (Å²) in [5.41, 5.74) is -5.60. The van der Waals surface area contributed by atoms with Gasteiger partial charge in [0.25, 0.3) is 0 Å². The number of carbonyl (C=O) groups is 1. The van der Waals surface area contributed by atoms with Crippen LogP contribution in [0.25, 0.3) is 0 Å². The van der Waals surface area contributed by atoms with E-state index in [1.165, 1.54) is 6.92 Å². The minimum absolute atomic E-state index is 0.384. The Balaban J connectivity index is 4.75. The zero-order valence-electron chi connectivity index (χ0n) is 6.91. The Morgan fingerprint density at radius 2 is 1.93 bits per heavy atom. The van der Waals surface area contributed by atoms with Crippen molar-refractivity contribution in [2.45, 2.75) is 25.0 Å². The molecule has 0 unspecified atom stereocenters. The first-order valence-electron chi connectivity index (χ1n) is 3.34. The number of alkyl halides is 3. The Morgan fingerprint density at radius 1 is 1.50 bits per heavy atom. The van der Waals surface area contributed by atoms with Crippen molar-refractivity contribution in [1.82, 2.24) is 0 Å². The topological polar surface area (TPSA) is 80.7 Å².